The van der Waals surface area contributed by atoms with Crippen LogP contribution in [0.15, 0.2) is 5.38 Å². The Balaban J connectivity index is 2.27. The van der Waals surface area contributed by atoms with Crippen molar-refractivity contribution in [2.75, 3.05) is 6.61 Å². The molecule has 2 unspecified atom stereocenters. The van der Waals surface area contributed by atoms with Gasteiger partial charge in [0.15, 0.2) is 0 Å². The molecule has 1 N–H and O–H groups in total. The molecule has 0 spiro atoms. The number of nitrogens with zero attached hydrogens (tertiary/aromatic N) is 2. The van der Waals surface area contributed by atoms with Gasteiger partial charge in [-0.2, -0.15) is 0 Å². The number of ether oxygens (including phenoxy) is 2. The summed E-state index contributed by atoms with van der Waals surface area (Å²) in [5.74, 6) is 0. The lowest BCUT2D eigenvalue weighted by Gasteiger charge is -2.35. The first-order valence-corrected chi connectivity index (χ1v) is 8.63. The van der Waals surface area contributed by atoms with Crippen molar-refractivity contribution in [2.45, 2.75) is 71.4 Å². The van der Waals surface area contributed by atoms with Gasteiger partial charge in [0.25, 0.3) is 0 Å². The number of amides is 1. The Bertz CT molecular complexity index is 565. The van der Waals surface area contributed by atoms with Crippen LogP contribution in [0.25, 0.3) is 0 Å². The Labute approximate surface area is 141 Å². The van der Waals surface area contributed by atoms with Crippen molar-refractivity contribution in [3.8, 4) is 0 Å². The van der Waals surface area contributed by atoms with Crippen LogP contribution in [-0.2, 0) is 15.9 Å². The fourth-order valence-electron chi connectivity index (χ4n) is 2.84. The molecular formula is C16H26N2O4S. The largest absolute Gasteiger partial charge is 0.444 e. The van der Waals surface area contributed by atoms with Gasteiger partial charge in [-0.25, -0.2) is 9.78 Å². The first-order valence-electron chi connectivity index (χ1n) is 7.75. The van der Waals surface area contributed by atoms with Crippen LogP contribution in [0, 0.1) is 6.92 Å². The monoisotopic (exact) mass is 342 g/mol. The molecule has 2 atom stereocenters. The van der Waals surface area contributed by atoms with Crippen LogP contribution in [0.5, 0.6) is 0 Å². The lowest BCUT2D eigenvalue weighted by Crippen LogP contribution is -2.51. The molecule has 0 bridgehead atoms. The van der Waals surface area contributed by atoms with Gasteiger partial charge < -0.3 is 14.6 Å². The normalized spacial score (nSPS) is 24.0. The molecule has 2 heterocycles. The molecule has 0 saturated carbocycles. The third-order valence-corrected chi connectivity index (χ3v) is 4.46. The number of carbonyl (C=O) groups excluding carboxylic acids is 1. The van der Waals surface area contributed by atoms with Crippen molar-refractivity contribution >= 4 is 17.4 Å². The predicted octanol–water partition coefficient (Wildman–Crippen LogP) is 2.73. The highest BCUT2D eigenvalue weighted by Gasteiger charge is 2.51. The van der Waals surface area contributed by atoms with Gasteiger partial charge in [0.1, 0.15) is 17.4 Å². The maximum atomic E-state index is 12.7. The average Bonchev–Trinajstić information content (AvgIpc) is 2.88. The fraction of sp³-hybridized carbons (Fsp3) is 0.750. The zero-order chi connectivity index (χ0) is 17.4. The quantitative estimate of drug-likeness (QED) is 0.914. The molecule has 1 aliphatic rings. The number of aryl methyl sites for hydroxylation is 1. The van der Waals surface area contributed by atoms with E-state index in [1.807, 2.05) is 46.9 Å². The smallest absolute Gasteiger partial charge is 0.412 e. The van der Waals surface area contributed by atoms with Crippen LogP contribution in [0.1, 0.15) is 45.3 Å². The van der Waals surface area contributed by atoms with Crippen LogP contribution in [0.2, 0.25) is 0 Å². The van der Waals surface area contributed by atoms with Crippen LogP contribution >= 0.6 is 11.3 Å². The topological polar surface area (TPSA) is 71.9 Å². The molecule has 7 heteroatoms. The maximum Gasteiger partial charge on any atom is 0.412 e. The van der Waals surface area contributed by atoms with E-state index in [1.54, 1.807) is 16.2 Å². The minimum absolute atomic E-state index is 0.156. The number of carbonyl (C=O) groups is 1. The molecule has 2 rings (SSSR count). The maximum absolute atomic E-state index is 12.7. The van der Waals surface area contributed by atoms with E-state index in [1.165, 1.54) is 0 Å². The Morgan fingerprint density at radius 2 is 2.17 bits per heavy atom. The highest BCUT2D eigenvalue weighted by Crippen LogP contribution is 2.35. The van der Waals surface area contributed by atoms with Gasteiger partial charge in [-0.15, -0.1) is 11.3 Å². The summed E-state index contributed by atoms with van der Waals surface area (Å²) in [5.41, 5.74) is -0.539. The molecule has 1 saturated heterocycles. The van der Waals surface area contributed by atoms with E-state index >= 15 is 0 Å². The van der Waals surface area contributed by atoms with Gasteiger partial charge in [0.2, 0.25) is 0 Å². The molecule has 1 aromatic rings. The van der Waals surface area contributed by atoms with Gasteiger partial charge in [-0.05, 0) is 41.5 Å². The van der Waals surface area contributed by atoms with Crippen molar-refractivity contribution in [3.05, 3.63) is 16.1 Å². The molecule has 1 fully saturated rings. The van der Waals surface area contributed by atoms with Crippen LogP contribution in [-0.4, -0.2) is 51.2 Å². The SMILES string of the molecule is Cc1nc(CC2C(CO)OC(C)(C)N2C(=O)OC(C)(C)C)cs1. The number of rotatable bonds is 3. The molecule has 0 aliphatic carbocycles. The summed E-state index contributed by atoms with van der Waals surface area (Å²) in [6.45, 7) is 10.9. The fourth-order valence-corrected chi connectivity index (χ4v) is 3.46. The Morgan fingerprint density at radius 3 is 2.65 bits per heavy atom. The molecule has 1 aliphatic heterocycles. The highest BCUT2D eigenvalue weighted by atomic mass is 32.1. The van der Waals surface area contributed by atoms with Gasteiger partial charge in [0.05, 0.1) is 23.4 Å². The Hall–Kier alpha value is -1.18. The number of hydrogen-bond donors (Lipinski definition) is 1. The van der Waals surface area contributed by atoms with E-state index in [9.17, 15) is 9.90 Å². The van der Waals surface area contributed by atoms with Crippen LogP contribution in [0.4, 0.5) is 4.79 Å². The minimum Gasteiger partial charge on any atom is -0.444 e. The number of aromatic nitrogens is 1. The summed E-state index contributed by atoms with van der Waals surface area (Å²) in [4.78, 5) is 18.7. The lowest BCUT2D eigenvalue weighted by atomic mass is 10.1. The third kappa shape index (κ3) is 4.22. The number of aliphatic hydroxyl groups is 1. The summed E-state index contributed by atoms with van der Waals surface area (Å²) < 4.78 is 11.4. The minimum atomic E-state index is -0.842. The molecule has 1 aromatic heterocycles. The van der Waals surface area contributed by atoms with E-state index in [4.69, 9.17) is 9.47 Å². The van der Waals surface area contributed by atoms with Gasteiger partial charge >= 0.3 is 6.09 Å². The molecule has 0 aromatic carbocycles. The third-order valence-electron chi connectivity index (χ3n) is 3.64. The second-order valence-electron chi connectivity index (χ2n) is 7.27. The van der Waals surface area contributed by atoms with Gasteiger partial charge in [-0.1, -0.05) is 0 Å². The van der Waals surface area contributed by atoms with E-state index in [0.29, 0.717) is 6.42 Å². The van der Waals surface area contributed by atoms with Crippen molar-refractivity contribution < 1.29 is 19.4 Å². The van der Waals surface area contributed by atoms with Crippen molar-refractivity contribution in [1.82, 2.24) is 9.88 Å². The van der Waals surface area contributed by atoms with Crippen molar-refractivity contribution in [1.29, 1.82) is 0 Å². The molecule has 130 valence electrons. The number of hydrogen-bond acceptors (Lipinski definition) is 6. The summed E-state index contributed by atoms with van der Waals surface area (Å²) in [5, 5.41) is 12.6. The zero-order valence-electron chi connectivity index (χ0n) is 14.6. The van der Waals surface area contributed by atoms with Crippen LogP contribution in [0.3, 0.4) is 0 Å². The van der Waals surface area contributed by atoms with Crippen molar-refractivity contribution in [2.24, 2.45) is 0 Å². The highest BCUT2D eigenvalue weighted by molar-refractivity contribution is 7.09. The predicted molar refractivity (Wildman–Crippen MR) is 88.5 cm³/mol. The summed E-state index contributed by atoms with van der Waals surface area (Å²) in [7, 11) is 0. The van der Waals surface area contributed by atoms with Crippen molar-refractivity contribution in [3.63, 3.8) is 0 Å². The molecule has 1 amide bonds. The van der Waals surface area contributed by atoms with Gasteiger partial charge in [-0.3, -0.25) is 4.90 Å². The average molecular weight is 342 g/mol. The first-order chi connectivity index (χ1) is 10.5. The second kappa shape index (κ2) is 6.37. The Kier molecular flexibility index (Phi) is 5.03. The standard InChI is InChI=1S/C16H26N2O4S/c1-10-17-11(9-23-10)7-12-13(8-19)21-16(5,6)18(12)14(20)22-15(2,3)4/h9,12-13,19H,7-8H2,1-6H3. The van der Waals surface area contributed by atoms with E-state index in [0.717, 1.165) is 10.7 Å². The summed E-state index contributed by atoms with van der Waals surface area (Å²) in [6.07, 6.45) is -0.368. The molecule has 6 nitrogen and oxygen atoms in total. The van der Waals surface area contributed by atoms with E-state index in [2.05, 4.69) is 4.98 Å². The first kappa shape index (κ1) is 18.2. The van der Waals surface area contributed by atoms with E-state index < -0.39 is 23.5 Å². The zero-order valence-corrected chi connectivity index (χ0v) is 15.4. The lowest BCUT2D eigenvalue weighted by molar-refractivity contribution is -0.0866. The molecular weight excluding hydrogens is 316 g/mol. The second-order valence-corrected chi connectivity index (χ2v) is 8.33. The summed E-state index contributed by atoms with van der Waals surface area (Å²) in [6, 6.07) is -0.314. The van der Waals surface area contributed by atoms with Gasteiger partial charge in [0, 0.05) is 11.8 Å². The Morgan fingerprint density at radius 1 is 1.52 bits per heavy atom. The summed E-state index contributed by atoms with van der Waals surface area (Å²) >= 11 is 1.57. The van der Waals surface area contributed by atoms with E-state index in [-0.39, 0.29) is 12.6 Å². The number of aliphatic hydroxyl groups excluding tert-OH is 1. The molecule has 0 radical (unpaired) electrons. The number of thiazole rings is 1. The molecule has 23 heavy (non-hydrogen) atoms. The van der Waals surface area contributed by atoms with Crippen LogP contribution < -0.4 is 0 Å².